The van der Waals surface area contributed by atoms with Crippen LogP contribution < -0.4 is 0 Å². The molecule has 0 aliphatic carbocycles. The molecular formula is C25H26N4O3. The Labute approximate surface area is 187 Å². The normalized spacial score (nSPS) is 18.0. The van der Waals surface area contributed by atoms with Crippen LogP contribution in [0.3, 0.4) is 0 Å². The predicted octanol–water partition coefficient (Wildman–Crippen LogP) is 3.16. The number of para-hydroxylation sites is 1. The summed E-state index contributed by atoms with van der Waals surface area (Å²) in [5, 5.41) is 15.7. The molecule has 32 heavy (non-hydrogen) atoms. The molecule has 1 amide bonds. The second-order valence-electron chi connectivity index (χ2n) is 8.10. The topological polar surface area (TPSA) is 78.7 Å². The van der Waals surface area contributed by atoms with Gasteiger partial charge < -0.3 is 14.9 Å². The number of likely N-dealkylation sites (N-methyl/N-ethyl adjacent to an activating group) is 1. The Bertz CT molecular complexity index is 1170. The fourth-order valence-electron chi connectivity index (χ4n) is 4.02. The first-order valence-corrected chi connectivity index (χ1v) is 10.5. The molecule has 0 radical (unpaired) electrons. The maximum Gasteiger partial charge on any atom is 0.295 e. The minimum absolute atomic E-state index is 0.0932. The Morgan fingerprint density at radius 3 is 2.28 bits per heavy atom. The third-order valence-corrected chi connectivity index (χ3v) is 5.71. The molecule has 4 rings (SSSR count). The van der Waals surface area contributed by atoms with Gasteiger partial charge in [-0.3, -0.25) is 9.59 Å². The van der Waals surface area contributed by atoms with Crippen molar-refractivity contribution in [1.82, 2.24) is 19.6 Å². The zero-order valence-electron chi connectivity index (χ0n) is 18.4. The lowest BCUT2D eigenvalue weighted by Crippen LogP contribution is -2.35. The van der Waals surface area contributed by atoms with Gasteiger partial charge in [-0.05, 0) is 38.7 Å². The second kappa shape index (κ2) is 8.80. The van der Waals surface area contributed by atoms with E-state index in [1.807, 2.05) is 86.6 Å². The average Bonchev–Trinajstić information content (AvgIpc) is 3.30. The van der Waals surface area contributed by atoms with Crippen LogP contribution >= 0.6 is 0 Å². The van der Waals surface area contributed by atoms with Crippen molar-refractivity contribution in [3.8, 4) is 5.69 Å². The summed E-state index contributed by atoms with van der Waals surface area (Å²) in [6, 6.07) is 18.2. The van der Waals surface area contributed by atoms with Crippen molar-refractivity contribution in [2.24, 2.45) is 0 Å². The SMILES string of the molecule is Cc1c(C(O)=C2C(=O)C(=O)N(CCN(C)C)[C@H]2c2ccccc2)cnn1-c1ccccc1. The van der Waals surface area contributed by atoms with Gasteiger partial charge in [0.25, 0.3) is 11.7 Å². The van der Waals surface area contributed by atoms with Gasteiger partial charge >= 0.3 is 0 Å². The van der Waals surface area contributed by atoms with Gasteiger partial charge in [-0.1, -0.05) is 48.5 Å². The van der Waals surface area contributed by atoms with Gasteiger partial charge in [-0.25, -0.2) is 4.68 Å². The molecule has 1 atom stereocenters. The van der Waals surface area contributed by atoms with Crippen LogP contribution in [-0.2, 0) is 9.59 Å². The molecule has 1 saturated heterocycles. The monoisotopic (exact) mass is 430 g/mol. The molecule has 1 aliphatic rings. The minimum atomic E-state index is -0.679. The highest BCUT2D eigenvalue weighted by Gasteiger charge is 2.46. The van der Waals surface area contributed by atoms with Gasteiger partial charge in [0.05, 0.1) is 34.8 Å². The van der Waals surface area contributed by atoms with Gasteiger partial charge in [0.1, 0.15) is 5.76 Å². The molecule has 7 nitrogen and oxygen atoms in total. The molecule has 1 N–H and O–H groups in total. The first-order chi connectivity index (χ1) is 15.4. The number of hydrogen-bond acceptors (Lipinski definition) is 5. The largest absolute Gasteiger partial charge is 0.507 e. The molecule has 0 unspecified atom stereocenters. The van der Waals surface area contributed by atoms with Gasteiger partial charge in [-0.2, -0.15) is 5.10 Å². The number of aliphatic hydroxyl groups is 1. The fourth-order valence-corrected chi connectivity index (χ4v) is 4.02. The van der Waals surface area contributed by atoms with Crippen LogP contribution in [-0.4, -0.2) is 63.6 Å². The zero-order valence-corrected chi connectivity index (χ0v) is 18.4. The van der Waals surface area contributed by atoms with Crippen LogP contribution in [0.4, 0.5) is 0 Å². The van der Waals surface area contributed by atoms with Crippen molar-refractivity contribution in [2.75, 3.05) is 27.2 Å². The van der Waals surface area contributed by atoms with Crippen molar-refractivity contribution in [3.63, 3.8) is 0 Å². The highest BCUT2D eigenvalue weighted by Crippen LogP contribution is 2.39. The van der Waals surface area contributed by atoms with Crippen molar-refractivity contribution in [1.29, 1.82) is 0 Å². The summed E-state index contributed by atoms with van der Waals surface area (Å²) < 4.78 is 1.70. The summed E-state index contributed by atoms with van der Waals surface area (Å²) in [5.74, 6) is -1.48. The summed E-state index contributed by atoms with van der Waals surface area (Å²) in [6.07, 6.45) is 1.53. The average molecular weight is 431 g/mol. The summed E-state index contributed by atoms with van der Waals surface area (Å²) in [5.41, 5.74) is 2.83. The lowest BCUT2D eigenvalue weighted by Gasteiger charge is -2.26. The van der Waals surface area contributed by atoms with Gasteiger partial charge in [-0.15, -0.1) is 0 Å². The Kier molecular flexibility index (Phi) is 5.92. The number of carbonyl (C=O) groups is 2. The number of rotatable bonds is 6. The first-order valence-electron chi connectivity index (χ1n) is 10.5. The van der Waals surface area contributed by atoms with Crippen LogP contribution in [0.5, 0.6) is 0 Å². The number of aromatic nitrogens is 2. The van der Waals surface area contributed by atoms with E-state index in [1.165, 1.54) is 6.20 Å². The molecule has 0 spiro atoms. The number of likely N-dealkylation sites (tertiary alicyclic amines) is 1. The molecule has 0 bridgehead atoms. The standard InChI is InChI=1S/C25H26N4O3/c1-17-20(16-26-29(17)19-12-8-5-9-13-19)23(30)21-22(18-10-6-4-7-11-18)28(15-14-27(2)3)25(32)24(21)31/h4-13,16,22,30H,14-15H2,1-3H3/t22-/m0/s1. The number of Topliss-reactive ketones (excluding diaryl/α,β-unsaturated/α-hetero) is 1. The Morgan fingerprint density at radius 2 is 1.66 bits per heavy atom. The van der Waals surface area contributed by atoms with E-state index < -0.39 is 17.7 Å². The molecule has 3 aromatic rings. The lowest BCUT2D eigenvalue weighted by molar-refractivity contribution is -0.140. The Balaban J connectivity index is 1.83. The number of hydrogen-bond donors (Lipinski definition) is 1. The van der Waals surface area contributed by atoms with E-state index in [4.69, 9.17) is 0 Å². The Hall–Kier alpha value is -3.71. The quantitative estimate of drug-likeness (QED) is 0.369. The highest BCUT2D eigenvalue weighted by atomic mass is 16.3. The van der Waals surface area contributed by atoms with Crippen LogP contribution in [0, 0.1) is 6.92 Å². The van der Waals surface area contributed by atoms with Crippen LogP contribution in [0.2, 0.25) is 0 Å². The van der Waals surface area contributed by atoms with E-state index in [2.05, 4.69) is 5.10 Å². The molecule has 2 heterocycles. The summed E-state index contributed by atoms with van der Waals surface area (Å²) in [4.78, 5) is 29.5. The van der Waals surface area contributed by atoms with E-state index in [-0.39, 0.29) is 11.3 Å². The van der Waals surface area contributed by atoms with E-state index in [9.17, 15) is 14.7 Å². The molecule has 1 aliphatic heterocycles. The van der Waals surface area contributed by atoms with E-state index in [0.29, 0.717) is 24.3 Å². The third-order valence-electron chi connectivity index (χ3n) is 5.71. The van der Waals surface area contributed by atoms with Gasteiger partial charge in [0.15, 0.2) is 0 Å². The predicted molar refractivity (Wildman–Crippen MR) is 122 cm³/mol. The maximum atomic E-state index is 13.1. The number of ketones is 1. The van der Waals surface area contributed by atoms with Crippen molar-refractivity contribution < 1.29 is 14.7 Å². The first kappa shape index (κ1) is 21.5. The van der Waals surface area contributed by atoms with Crippen LogP contribution in [0.1, 0.15) is 22.9 Å². The number of amides is 1. The zero-order chi connectivity index (χ0) is 22.8. The van der Waals surface area contributed by atoms with Gasteiger partial charge in [0, 0.05) is 13.1 Å². The Morgan fingerprint density at radius 1 is 1.03 bits per heavy atom. The summed E-state index contributed by atoms with van der Waals surface area (Å²) >= 11 is 0. The lowest BCUT2D eigenvalue weighted by atomic mass is 9.95. The maximum absolute atomic E-state index is 13.1. The second-order valence-corrected chi connectivity index (χ2v) is 8.10. The number of nitrogens with zero attached hydrogens (tertiary/aromatic N) is 4. The molecule has 7 heteroatoms. The molecule has 0 saturated carbocycles. The fraction of sp³-hybridized carbons (Fsp3) is 0.240. The highest BCUT2D eigenvalue weighted by molar-refractivity contribution is 6.46. The van der Waals surface area contributed by atoms with Gasteiger partial charge in [0.2, 0.25) is 0 Å². The van der Waals surface area contributed by atoms with E-state index in [1.54, 1.807) is 9.58 Å². The van der Waals surface area contributed by atoms with E-state index in [0.717, 1.165) is 11.3 Å². The number of aliphatic hydroxyl groups excluding tert-OH is 1. The molecule has 2 aromatic carbocycles. The number of carbonyl (C=O) groups excluding carboxylic acids is 2. The molecule has 164 valence electrons. The molecule has 1 fully saturated rings. The number of benzene rings is 2. The molecule has 1 aromatic heterocycles. The van der Waals surface area contributed by atoms with E-state index >= 15 is 0 Å². The van der Waals surface area contributed by atoms with Crippen molar-refractivity contribution in [3.05, 3.63) is 89.3 Å². The van der Waals surface area contributed by atoms with Crippen molar-refractivity contribution >= 4 is 17.4 Å². The summed E-state index contributed by atoms with van der Waals surface area (Å²) in [7, 11) is 3.82. The summed E-state index contributed by atoms with van der Waals surface area (Å²) in [6.45, 7) is 2.80. The van der Waals surface area contributed by atoms with Crippen LogP contribution in [0.25, 0.3) is 11.4 Å². The van der Waals surface area contributed by atoms with Crippen LogP contribution in [0.15, 0.2) is 72.4 Å². The van der Waals surface area contributed by atoms with Crippen molar-refractivity contribution in [2.45, 2.75) is 13.0 Å². The molecular weight excluding hydrogens is 404 g/mol. The smallest absolute Gasteiger partial charge is 0.295 e. The minimum Gasteiger partial charge on any atom is -0.507 e. The third kappa shape index (κ3) is 3.83.